The number of hydrogen-bond acceptors (Lipinski definition) is 3. The molecule has 0 radical (unpaired) electrons. The van der Waals surface area contributed by atoms with Gasteiger partial charge >= 0.3 is 0 Å². The van der Waals surface area contributed by atoms with Crippen LogP contribution in [0.2, 0.25) is 0 Å². The van der Waals surface area contributed by atoms with E-state index in [2.05, 4.69) is 19.2 Å². The topological polar surface area (TPSA) is 64.3 Å². The number of nitrogens with two attached hydrogens (primary N) is 1. The predicted molar refractivity (Wildman–Crippen MR) is 64.0 cm³/mol. The standard InChI is InChI=1S/C12H24N2O2/c1-9(2)12(3,8-13)14-11(15)10-4-6-16-7-5-10/h9-10H,4-8,13H2,1-3H3,(H,14,15). The fraction of sp³-hybridized carbons (Fsp3) is 0.917. The molecule has 1 atom stereocenters. The molecular weight excluding hydrogens is 204 g/mol. The second-order valence-electron chi connectivity index (χ2n) is 5.15. The predicted octanol–water partition coefficient (Wildman–Crippen LogP) is 0.903. The Morgan fingerprint density at radius 3 is 2.50 bits per heavy atom. The molecule has 1 rings (SSSR count). The molecular formula is C12H24N2O2. The molecule has 0 aliphatic carbocycles. The molecule has 94 valence electrons. The van der Waals surface area contributed by atoms with Gasteiger partial charge in [0.15, 0.2) is 0 Å². The van der Waals surface area contributed by atoms with E-state index in [1.54, 1.807) is 0 Å². The first-order chi connectivity index (χ1) is 7.49. The lowest BCUT2D eigenvalue weighted by Crippen LogP contribution is -2.56. The van der Waals surface area contributed by atoms with Gasteiger partial charge < -0.3 is 15.8 Å². The molecule has 4 heteroatoms. The lowest BCUT2D eigenvalue weighted by molar-refractivity contribution is -0.130. The fourth-order valence-electron chi connectivity index (χ4n) is 1.77. The minimum absolute atomic E-state index is 0.0957. The normalized spacial score (nSPS) is 21.8. The third-order valence-electron chi connectivity index (χ3n) is 3.70. The zero-order chi connectivity index (χ0) is 12.2. The third kappa shape index (κ3) is 3.19. The maximum absolute atomic E-state index is 12.1. The van der Waals surface area contributed by atoms with E-state index in [1.807, 2.05) is 6.92 Å². The lowest BCUT2D eigenvalue weighted by atomic mass is 9.87. The van der Waals surface area contributed by atoms with Gasteiger partial charge in [-0.2, -0.15) is 0 Å². The zero-order valence-corrected chi connectivity index (χ0v) is 10.6. The summed E-state index contributed by atoms with van der Waals surface area (Å²) in [6.07, 6.45) is 1.65. The SMILES string of the molecule is CC(C)C(C)(CN)NC(=O)C1CCOCC1. The summed E-state index contributed by atoms with van der Waals surface area (Å²) in [6, 6.07) is 0. The van der Waals surface area contributed by atoms with Crippen molar-refractivity contribution in [3.8, 4) is 0 Å². The molecule has 16 heavy (non-hydrogen) atoms. The Bertz CT molecular complexity index is 237. The summed E-state index contributed by atoms with van der Waals surface area (Å²) >= 11 is 0. The van der Waals surface area contributed by atoms with E-state index in [0.29, 0.717) is 25.7 Å². The van der Waals surface area contributed by atoms with Crippen LogP contribution in [0.1, 0.15) is 33.6 Å². The molecule has 0 aromatic rings. The summed E-state index contributed by atoms with van der Waals surface area (Å²) in [5.74, 6) is 0.560. The van der Waals surface area contributed by atoms with Crippen molar-refractivity contribution in [2.45, 2.75) is 39.2 Å². The van der Waals surface area contributed by atoms with Gasteiger partial charge in [0.1, 0.15) is 0 Å². The highest BCUT2D eigenvalue weighted by molar-refractivity contribution is 5.79. The van der Waals surface area contributed by atoms with Gasteiger partial charge in [0.25, 0.3) is 0 Å². The van der Waals surface area contributed by atoms with Gasteiger partial charge in [-0.15, -0.1) is 0 Å². The molecule has 1 saturated heterocycles. The highest BCUT2D eigenvalue weighted by Gasteiger charge is 2.31. The van der Waals surface area contributed by atoms with E-state index in [-0.39, 0.29) is 17.4 Å². The summed E-state index contributed by atoms with van der Waals surface area (Å²) in [7, 11) is 0. The van der Waals surface area contributed by atoms with Crippen molar-refractivity contribution < 1.29 is 9.53 Å². The minimum atomic E-state index is -0.296. The number of hydrogen-bond donors (Lipinski definition) is 2. The van der Waals surface area contributed by atoms with Crippen LogP contribution in [-0.2, 0) is 9.53 Å². The Labute approximate surface area is 97.9 Å². The van der Waals surface area contributed by atoms with Crippen LogP contribution in [-0.4, -0.2) is 31.2 Å². The number of carbonyl (C=O) groups excluding carboxylic acids is 1. The Morgan fingerprint density at radius 2 is 2.06 bits per heavy atom. The van der Waals surface area contributed by atoms with Crippen LogP contribution in [0.15, 0.2) is 0 Å². The van der Waals surface area contributed by atoms with Crippen LogP contribution in [0.3, 0.4) is 0 Å². The van der Waals surface area contributed by atoms with Crippen molar-refractivity contribution in [2.75, 3.05) is 19.8 Å². The van der Waals surface area contributed by atoms with E-state index in [1.165, 1.54) is 0 Å². The Balaban J connectivity index is 2.54. The molecule has 1 aliphatic heterocycles. The van der Waals surface area contributed by atoms with Crippen molar-refractivity contribution in [2.24, 2.45) is 17.6 Å². The van der Waals surface area contributed by atoms with Crippen molar-refractivity contribution in [1.29, 1.82) is 0 Å². The van der Waals surface area contributed by atoms with Gasteiger partial charge in [-0.25, -0.2) is 0 Å². The molecule has 3 N–H and O–H groups in total. The first-order valence-corrected chi connectivity index (χ1v) is 6.09. The molecule has 1 fully saturated rings. The number of rotatable bonds is 4. The van der Waals surface area contributed by atoms with Gasteiger partial charge in [0.05, 0.1) is 5.54 Å². The minimum Gasteiger partial charge on any atom is -0.381 e. The first-order valence-electron chi connectivity index (χ1n) is 6.09. The summed E-state index contributed by atoms with van der Waals surface area (Å²) in [5.41, 5.74) is 5.45. The highest BCUT2D eigenvalue weighted by atomic mass is 16.5. The van der Waals surface area contributed by atoms with Crippen LogP contribution in [0, 0.1) is 11.8 Å². The van der Waals surface area contributed by atoms with Gasteiger partial charge in [-0.3, -0.25) is 4.79 Å². The van der Waals surface area contributed by atoms with E-state index in [9.17, 15) is 4.79 Å². The number of nitrogens with one attached hydrogen (secondary N) is 1. The molecule has 1 heterocycles. The molecule has 0 bridgehead atoms. The van der Waals surface area contributed by atoms with Gasteiger partial charge in [-0.05, 0) is 25.7 Å². The Morgan fingerprint density at radius 1 is 1.50 bits per heavy atom. The number of carbonyl (C=O) groups is 1. The first kappa shape index (κ1) is 13.5. The van der Waals surface area contributed by atoms with E-state index < -0.39 is 0 Å². The quantitative estimate of drug-likeness (QED) is 0.751. The molecule has 0 aromatic carbocycles. The fourth-order valence-corrected chi connectivity index (χ4v) is 1.77. The van der Waals surface area contributed by atoms with Crippen LogP contribution in [0.5, 0.6) is 0 Å². The van der Waals surface area contributed by atoms with Crippen LogP contribution < -0.4 is 11.1 Å². The van der Waals surface area contributed by atoms with Crippen molar-refractivity contribution in [1.82, 2.24) is 5.32 Å². The van der Waals surface area contributed by atoms with E-state index in [4.69, 9.17) is 10.5 Å². The van der Waals surface area contributed by atoms with Crippen molar-refractivity contribution in [3.05, 3.63) is 0 Å². The van der Waals surface area contributed by atoms with Gasteiger partial charge in [0, 0.05) is 25.7 Å². The maximum atomic E-state index is 12.1. The van der Waals surface area contributed by atoms with Gasteiger partial charge in [-0.1, -0.05) is 13.8 Å². The molecule has 0 aromatic heterocycles. The zero-order valence-electron chi connectivity index (χ0n) is 10.6. The summed E-state index contributed by atoms with van der Waals surface area (Å²) in [6.45, 7) is 8.03. The average molecular weight is 228 g/mol. The summed E-state index contributed by atoms with van der Waals surface area (Å²) < 4.78 is 5.25. The van der Waals surface area contributed by atoms with E-state index in [0.717, 1.165) is 12.8 Å². The lowest BCUT2D eigenvalue weighted by Gasteiger charge is -2.35. The van der Waals surface area contributed by atoms with Crippen molar-refractivity contribution in [3.63, 3.8) is 0 Å². The average Bonchev–Trinajstić information content (AvgIpc) is 2.29. The summed E-state index contributed by atoms with van der Waals surface area (Å²) in [4.78, 5) is 12.1. The molecule has 0 saturated carbocycles. The molecule has 1 unspecified atom stereocenters. The van der Waals surface area contributed by atoms with Gasteiger partial charge in [0.2, 0.25) is 5.91 Å². The molecule has 4 nitrogen and oxygen atoms in total. The molecule has 1 aliphatic rings. The highest BCUT2D eigenvalue weighted by Crippen LogP contribution is 2.19. The van der Waals surface area contributed by atoms with Crippen LogP contribution in [0.4, 0.5) is 0 Å². The van der Waals surface area contributed by atoms with Crippen LogP contribution >= 0.6 is 0 Å². The second kappa shape index (κ2) is 5.64. The Kier molecular flexibility index (Phi) is 4.74. The third-order valence-corrected chi connectivity index (χ3v) is 3.70. The smallest absolute Gasteiger partial charge is 0.223 e. The largest absolute Gasteiger partial charge is 0.381 e. The number of ether oxygens (including phenoxy) is 1. The summed E-state index contributed by atoms with van der Waals surface area (Å²) in [5, 5.41) is 3.09. The van der Waals surface area contributed by atoms with Crippen LogP contribution in [0.25, 0.3) is 0 Å². The molecule has 1 amide bonds. The maximum Gasteiger partial charge on any atom is 0.223 e. The number of amides is 1. The monoisotopic (exact) mass is 228 g/mol. The Hall–Kier alpha value is -0.610. The molecule has 0 spiro atoms. The van der Waals surface area contributed by atoms with E-state index >= 15 is 0 Å². The second-order valence-corrected chi connectivity index (χ2v) is 5.15. The van der Waals surface area contributed by atoms with Crippen molar-refractivity contribution >= 4 is 5.91 Å².